The lowest BCUT2D eigenvalue weighted by atomic mass is 9.63. The van der Waals surface area contributed by atoms with E-state index in [1.54, 1.807) is 0 Å². The number of hydrogen-bond donors (Lipinski definition) is 2. The summed E-state index contributed by atoms with van der Waals surface area (Å²) < 4.78 is 12.6. The first kappa shape index (κ1) is 27.7. The zero-order chi connectivity index (χ0) is 33.2. The van der Waals surface area contributed by atoms with Crippen LogP contribution >= 0.6 is 0 Å². The minimum absolute atomic E-state index is 0.626. The van der Waals surface area contributed by atoms with Gasteiger partial charge in [-0.15, -0.1) is 0 Å². The Labute approximate surface area is 286 Å². The van der Waals surface area contributed by atoms with Gasteiger partial charge in [0.15, 0.2) is 0 Å². The topological polar surface area (TPSA) is 66.7 Å². The zero-order valence-corrected chi connectivity index (χ0v) is 26.7. The third kappa shape index (κ3) is 3.46. The van der Waals surface area contributed by atoms with Crippen molar-refractivity contribution in [2.45, 2.75) is 11.2 Å². The van der Waals surface area contributed by atoms with E-state index >= 15 is 0 Å². The molecule has 0 bridgehead atoms. The second-order valence-corrected chi connectivity index (χ2v) is 13.5. The number of hydrogen-bond acceptors (Lipinski definition) is 4. The largest absolute Gasteiger partial charge is 0.456 e. The zero-order valence-electron chi connectivity index (χ0n) is 26.7. The molecule has 0 aliphatic heterocycles. The molecule has 0 radical (unpaired) electrons. The van der Waals surface area contributed by atoms with Crippen molar-refractivity contribution in [2.24, 2.45) is 0 Å². The standard InChI is InChI=1S/C46H28O4/c47-45(29-19-23-39-33(25-29)43-31-11-3-1-9-27(31)17-21-41(43)49-39)35-13-5-7-15-37(35)46(48,38-16-8-6-14-36(38)45)30-20-24-40-34(26-30)44-32-12-4-2-10-28(32)18-22-42(44)50-40/h1-26,47-48H. The lowest BCUT2D eigenvalue weighted by Crippen LogP contribution is -2.44. The normalized spacial score (nSPS) is 18.8. The molecule has 50 heavy (non-hydrogen) atoms. The Balaban J connectivity index is 1.18. The van der Waals surface area contributed by atoms with Gasteiger partial charge in [-0.2, -0.15) is 0 Å². The van der Waals surface area contributed by atoms with Gasteiger partial charge in [0.2, 0.25) is 0 Å². The maximum Gasteiger partial charge on any atom is 0.141 e. The van der Waals surface area contributed by atoms with Crippen LogP contribution in [0.25, 0.3) is 65.4 Å². The van der Waals surface area contributed by atoms with Crippen molar-refractivity contribution in [1.82, 2.24) is 0 Å². The van der Waals surface area contributed by atoms with E-state index in [1.807, 2.05) is 109 Å². The number of rotatable bonds is 2. The smallest absolute Gasteiger partial charge is 0.141 e. The van der Waals surface area contributed by atoms with Gasteiger partial charge >= 0.3 is 0 Å². The van der Waals surface area contributed by atoms with Crippen LogP contribution in [0.4, 0.5) is 0 Å². The van der Waals surface area contributed by atoms with Crippen LogP contribution in [0.5, 0.6) is 0 Å². The van der Waals surface area contributed by atoms with Gasteiger partial charge in [0.05, 0.1) is 0 Å². The molecule has 2 aromatic heterocycles. The van der Waals surface area contributed by atoms with Crippen LogP contribution in [-0.2, 0) is 11.2 Å². The fourth-order valence-electron chi connectivity index (χ4n) is 8.68. The van der Waals surface area contributed by atoms with Gasteiger partial charge in [0.1, 0.15) is 33.5 Å². The Morgan fingerprint density at radius 1 is 0.340 bits per heavy atom. The second-order valence-electron chi connectivity index (χ2n) is 13.5. The van der Waals surface area contributed by atoms with Crippen LogP contribution in [0.1, 0.15) is 33.4 Å². The first-order valence-corrected chi connectivity index (χ1v) is 16.9. The number of furan rings is 2. The lowest BCUT2D eigenvalue weighted by molar-refractivity contribution is 0.0749. The molecule has 1 aliphatic rings. The average Bonchev–Trinajstić information content (AvgIpc) is 3.75. The molecule has 0 fully saturated rings. The highest BCUT2D eigenvalue weighted by Gasteiger charge is 2.51. The van der Waals surface area contributed by atoms with E-state index in [4.69, 9.17) is 8.83 Å². The molecule has 10 aromatic rings. The predicted molar refractivity (Wildman–Crippen MR) is 200 cm³/mol. The summed E-state index contributed by atoms with van der Waals surface area (Å²) in [4.78, 5) is 0. The van der Waals surface area contributed by atoms with Crippen LogP contribution < -0.4 is 0 Å². The van der Waals surface area contributed by atoms with Crippen LogP contribution in [0.3, 0.4) is 0 Å². The molecule has 2 heterocycles. The highest BCUT2D eigenvalue weighted by Crippen LogP contribution is 2.54. The third-order valence-corrected chi connectivity index (χ3v) is 11.0. The number of fused-ring (bicyclic) bond motifs is 12. The minimum Gasteiger partial charge on any atom is -0.456 e. The van der Waals surface area contributed by atoms with Crippen LogP contribution in [0.2, 0.25) is 0 Å². The van der Waals surface area contributed by atoms with E-state index in [9.17, 15) is 10.2 Å². The van der Waals surface area contributed by atoms with Gasteiger partial charge < -0.3 is 19.0 Å². The quantitative estimate of drug-likeness (QED) is 0.197. The molecular formula is C46H28O4. The SMILES string of the molecule is OC1(c2ccc3oc4ccc5ccccc5c4c3c2)c2ccccc2C(O)(c2ccc3oc4ccc5ccccc5c4c3c2)c2ccccc21. The van der Waals surface area contributed by atoms with E-state index in [-0.39, 0.29) is 0 Å². The molecule has 0 unspecified atom stereocenters. The molecule has 4 heteroatoms. The summed E-state index contributed by atoms with van der Waals surface area (Å²) in [6.07, 6.45) is 0. The maximum atomic E-state index is 13.3. The Morgan fingerprint density at radius 2 is 0.700 bits per heavy atom. The Kier molecular flexibility index (Phi) is 5.38. The van der Waals surface area contributed by atoms with Gasteiger partial charge in [0, 0.05) is 21.5 Å². The monoisotopic (exact) mass is 644 g/mol. The summed E-state index contributed by atoms with van der Waals surface area (Å²) in [6, 6.07) is 52.1. The molecule has 0 saturated heterocycles. The van der Waals surface area contributed by atoms with Gasteiger partial charge in [-0.25, -0.2) is 0 Å². The van der Waals surface area contributed by atoms with Crippen molar-refractivity contribution < 1.29 is 19.0 Å². The molecule has 8 aromatic carbocycles. The van der Waals surface area contributed by atoms with E-state index in [0.717, 1.165) is 65.4 Å². The second kappa shape index (κ2) is 9.70. The summed E-state index contributed by atoms with van der Waals surface area (Å²) in [5, 5.41) is 34.9. The fourth-order valence-corrected chi connectivity index (χ4v) is 8.68. The van der Waals surface area contributed by atoms with E-state index in [1.165, 1.54) is 0 Å². The summed E-state index contributed by atoms with van der Waals surface area (Å²) in [5.74, 6) is 0. The summed E-state index contributed by atoms with van der Waals surface area (Å²) in [5.41, 5.74) is 3.89. The van der Waals surface area contributed by atoms with Crippen molar-refractivity contribution in [1.29, 1.82) is 0 Å². The van der Waals surface area contributed by atoms with E-state index in [2.05, 4.69) is 48.5 Å². The molecule has 11 rings (SSSR count). The molecule has 236 valence electrons. The molecule has 4 nitrogen and oxygen atoms in total. The Morgan fingerprint density at radius 3 is 1.12 bits per heavy atom. The average molecular weight is 645 g/mol. The maximum absolute atomic E-state index is 13.3. The summed E-state index contributed by atoms with van der Waals surface area (Å²) in [6.45, 7) is 0. The molecule has 0 spiro atoms. The van der Waals surface area contributed by atoms with Gasteiger partial charge in [0.25, 0.3) is 0 Å². The molecule has 1 aliphatic carbocycles. The van der Waals surface area contributed by atoms with Crippen molar-refractivity contribution >= 4 is 65.4 Å². The number of benzene rings is 8. The van der Waals surface area contributed by atoms with Crippen molar-refractivity contribution in [3.63, 3.8) is 0 Å². The highest BCUT2D eigenvalue weighted by molar-refractivity contribution is 6.20. The fraction of sp³-hybridized carbons (Fsp3) is 0.0435. The highest BCUT2D eigenvalue weighted by atomic mass is 16.3. The number of aliphatic hydroxyl groups is 2. The van der Waals surface area contributed by atoms with Crippen molar-refractivity contribution in [3.8, 4) is 0 Å². The minimum atomic E-state index is -1.57. The lowest BCUT2D eigenvalue weighted by Gasteiger charge is -2.45. The van der Waals surface area contributed by atoms with Crippen molar-refractivity contribution in [2.75, 3.05) is 0 Å². The van der Waals surface area contributed by atoms with E-state index in [0.29, 0.717) is 33.4 Å². The third-order valence-electron chi connectivity index (χ3n) is 11.0. The van der Waals surface area contributed by atoms with Crippen LogP contribution in [0, 0.1) is 0 Å². The molecule has 0 atom stereocenters. The van der Waals surface area contributed by atoms with Gasteiger partial charge in [-0.05, 0) is 91.3 Å². The van der Waals surface area contributed by atoms with Crippen molar-refractivity contribution in [3.05, 3.63) is 191 Å². The first-order valence-electron chi connectivity index (χ1n) is 16.9. The predicted octanol–water partition coefficient (Wildman–Crippen LogP) is 10.7. The molecule has 0 amide bonds. The Hall–Kier alpha value is -6.20. The molecule has 0 saturated carbocycles. The molecule has 2 N–H and O–H groups in total. The Bertz CT molecular complexity index is 2780. The van der Waals surface area contributed by atoms with Gasteiger partial charge in [-0.3, -0.25) is 0 Å². The molecular weight excluding hydrogens is 617 g/mol. The van der Waals surface area contributed by atoms with E-state index < -0.39 is 11.2 Å². The first-order chi connectivity index (χ1) is 24.5. The summed E-state index contributed by atoms with van der Waals surface area (Å²) >= 11 is 0. The van der Waals surface area contributed by atoms with Crippen LogP contribution in [0.15, 0.2) is 167 Å². The van der Waals surface area contributed by atoms with Crippen LogP contribution in [-0.4, -0.2) is 10.2 Å². The van der Waals surface area contributed by atoms with Gasteiger partial charge in [-0.1, -0.05) is 121 Å². The summed E-state index contributed by atoms with van der Waals surface area (Å²) in [7, 11) is 0.